The molecule has 19 heavy (non-hydrogen) atoms. The predicted octanol–water partition coefficient (Wildman–Crippen LogP) is 0.592. The molecule has 2 N–H and O–H groups in total. The number of ether oxygens (including phenoxy) is 1. The largest absolute Gasteiger partial charge is 0.507 e. The van der Waals surface area contributed by atoms with Gasteiger partial charge in [0.1, 0.15) is 11.6 Å². The number of halogens is 1. The Morgan fingerprint density at radius 3 is 3.11 bits per heavy atom. The number of benzene rings is 1. The molecule has 0 aromatic heterocycles. The molecule has 0 saturated carbocycles. The van der Waals surface area contributed by atoms with Crippen molar-refractivity contribution in [1.29, 1.82) is 0 Å². The van der Waals surface area contributed by atoms with Gasteiger partial charge in [0.25, 0.3) is 5.91 Å². The zero-order valence-corrected chi connectivity index (χ0v) is 10.7. The summed E-state index contributed by atoms with van der Waals surface area (Å²) >= 11 is 0. The molecule has 1 fully saturated rings. The van der Waals surface area contributed by atoms with Crippen LogP contribution in [0.5, 0.6) is 5.75 Å². The number of carbonyl (C=O) groups is 1. The van der Waals surface area contributed by atoms with Crippen molar-refractivity contribution in [3.05, 3.63) is 29.6 Å². The van der Waals surface area contributed by atoms with Gasteiger partial charge in [-0.15, -0.1) is 0 Å². The minimum atomic E-state index is -0.566. The second-order valence-electron chi connectivity index (χ2n) is 4.46. The summed E-state index contributed by atoms with van der Waals surface area (Å²) in [4.78, 5) is 13.9. The monoisotopic (exact) mass is 268 g/mol. The van der Waals surface area contributed by atoms with Crippen molar-refractivity contribution >= 4 is 5.91 Å². The lowest BCUT2D eigenvalue weighted by atomic mass is 10.1. The lowest BCUT2D eigenvalue weighted by Gasteiger charge is -2.33. The standard InChI is InChI=1S/C13H17FN2O3/c1-15-7-10-8-16(4-5-19-10)13(18)11-3-2-9(14)6-12(11)17/h2-3,6,10,15,17H,4-5,7-8H2,1H3. The van der Waals surface area contributed by atoms with Crippen LogP contribution < -0.4 is 5.32 Å². The Kier molecular flexibility index (Phi) is 4.34. The molecule has 1 atom stereocenters. The number of hydrogen-bond donors (Lipinski definition) is 2. The van der Waals surface area contributed by atoms with E-state index in [0.29, 0.717) is 26.2 Å². The summed E-state index contributed by atoms with van der Waals surface area (Å²) in [7, 11) is 1.82. The first-order chi connectivity index (χ1) is 9.11. The molecule has 104 valence electrons. The highest BCUT2D eigenvalue weighted by Crippen LogP contribution is 2.21. The third-order valence-corrected chi connectivity index (χ3v) is 3.05. The van der Waals surface area contributed by atoms with Crippen LogP contribution in [-0.2, 0) is 4.74 Å². The normalized spacial score (nSPS) is 19.5. The Hall–Kier alpha value is -1.66. The smallest absolute Gasteiger partial charge is 0.257 e. The van der Waals surface area contributed by atoms with Gasteiger partial charge in [0.15, 0.2) is 0 Å². The molecule has 0 spiro atoms. The highest BCUT2D eigenvalue weighted by molar-refractivity contribution is 5.96. The van der Waals surface area contributed by atoms with Crippen LogP contribution in [0.15, 0.2) is 18.2 Å². The number of nitrogens with zero attached hydrogens (tertiary/aromatic N) is 1. The highest BCUT2D eigenvalue weighted by Gasteiger charge is 2.26. The molecule has 2 rings (SSSR count). The average Bonchev–Trinajstić information content (AvgIpc) is 2.39. The number of carbonyl (C=O) groups excluding carboxylic acids is 1. The van der Waals surface area contributed by atoms with Gasteiger partial charge in [-0.1, -0.05) is 0 Å². The predicted molar refractivity (Wildman–Crippen MR) is 67.6 cm³/mol. The maximum absolute atomic E-state index is 12.9. The lowest BCUT2D eigenvalue weighted by Crippen LogP contribution is -2.48. The number of morpholine rings is 1. The van der Waals surface area contributed by atoms with Crippen LogP contribution >= 0.6 is 0 Å². The van der Waals surface area contributed by atoms with Gasteiger partial charge in [0, 0.05) is 25.7 Å². The number of aromatic hydroxyl groups is 1. The Labute approximate surface area is 111 Å². The van der Waals surface area contributed by atoms with E-state index in [0.717, 1.165) is 6.07 Å². The second kappa shape index (κ2) is 5.99. The first-order valence-corrected chi connectivity index (χ1v) is 6.16. The Balaban J connectivity index is 2.10. The Morgan fingerprint density at radius 2 is 2.42 bits per heavy atom. The molecule has 1 aromatic rings. The minimum Gasteiger partial charge on any atom is -0.507 e. The Bertz CT molecular complexity index is 465. The van der Waals surface area contributed by atoms with Crippen molar-refractivity contribution in [3.63, 3.8) is 0 Å². The number of amides is 1. The summed E-state index contributed by atoms with van der Waals surface area (Å²) in [5.41, 5.74) is 0.117. The summed E-state index contributed by atoms with van der Waals surface area (Å²) in [6.45, 7) is 2.03. The molecule has 1 amide bonds. The van der Waals surface area contributed by atoms with Crippen LogP contribution in [0.2, 0.25) is 0 Å². The molecule has 6 heteroatoms. The zero-order valence-electron chi connectivity index (χ0n) is 10.7. The van der Waals surface area contributed by atoms with Gasteiger partial charge >= 0.3 is 0 Å². The molecule has 0 radical (unpaired) electrons. The first kappa shape index (κ1) is 13.8. The molecule has 1 saturated heterocycles. The van der Waals surface area contributed by atoms with Gasteiger partial charge in [-0.2, -0.15) is 0 Å². The average molecular weight is 268 g/mol. The molecule has 1 aliphatic rings. The summed E-state index contributed by atoms with van der Waals surface area (Å²) in [6, 6.07) is 3.41. The molecule has 1 unspecified atom stereocenters. The Morgan fingerprint density at radius 1 is 1.63 bits per heavy atom. The highest BCUT2D eigenvalue weighted by atomic mass is 19.1. The lowest BCUT2D eigenvalue weighted by molar-refractivity contribution is -0.0197. The van der Waals surface area contributed by atoms with E-state index in [9.17, 15) is 14.3 Å². The van der Waals surface area contributed by atoms with E-state index in [4.69, 9.17) is 4.74 Å². The molecule has 5 nitrogen and oxygen atoms in total. The van der Waals surface area contributed by atoms with Crippen molar-refractivity contribution in [3.8, 4) is 5.75 Å². The first-order valence-electron chi connectivity index (χ1n) is 6.16. The maximum atomic E-state index is 12.9. The summed E-state index contributed by atoms with van der Waals surface area (Å²) in [5.74, 6) is -1.20. The third-order valence-electron chi connectivity index (χ3n) is 3.05. The number of likely N-dealkylation sites (N-methyl/N-ethyl adjacent to an activating group) is 1. The van der Waals surface area contributed by atoms with Crippen molar-refractivity contribution in [2.45, 2.75) is 6.10 Å². The number of rotatable bonds is 3. The number of hydrogen-bond acceptors (Lipinski definition) is 4. The van der Waals surface area contributed by atoms with E-state index in [1.54, 1.807) is 4.90 Å². The van der Waals surface area contributed by atoms with Gasteiger partial charge in [0.2, 0.25) is 0 Å². The fraction of sp³-hybridized carbons (Fsp3) is 0.462. The summed E-state index contributed by atoms with van der Waals surface area (Å²) < 4.78 is 18.4. The van der Waals surface area contributed by atoms with E-state index >= 15 is 0 Å². The van der Waals surface area contributed by atoms with Gasteiger partial charge < -0.3 is 20.1 Å². The van der Waals surface area contributed by atoms with E-state index in [2.05, 4.69) is 5.32 Å². The van der Waals surface area contributed by atoms with Crippen molar-refractivity contribution < 1.29 is 19.0 Å². The SMILES string of the molecule is CNCC1CN(C(=O)c2ccc(F)cc2O)CCO1. The van der Waals surface area contributed by atoms with Crippen molar-refractivity contribution in [2.75, 3.05) is 33.3 Å². The van der Waals surface area contributed by atoms with Crippen molar-refractivity contribution in [2.24, 2.45) is 0 Å². The molecule has 0 bridgehead atoms. The van der Waals surface area contributed by atoms with Crippen LogP contribution in [0.3, 0.4) is 0 Å². The molecule has 1 aliphatic heterocycles. The van der Waals surface area contributed by atoms with Gasteiger partial charge in [-0.05, 0) is 19.2 Å². The van der Waals surface area contributed by atoms with Crippen LogP contribution in [0.25, 0.3) is 0 Å². The molecule has 0 aliphatic carbocycles. The molecule has 1 heterocycles. The van der Waals surface area contributed by atoms with E-state index < -0.39 is 5.82 Å². The fourth-order valence-corrected chi connectivity index (χ4v) is 2.11. The van der Waals surface area contributed by atoms with Gasteiger partial charge in [-0.3, -0.25) is 4.79 Å². The van der Waals surface area contributed by atoms with Crippen LogP contribution in [0.1, 0.15) is 10.4 Å². The number of phenols is 1. The van der Waals surface area contributed by atoms with E-state index in [-0.39, 0.29) is 23.3 Å². The van der Waals surface area contributed by atoms with E-state index in [1.165, 1.54) is 12.1 Å². The fourth-order valence-electron chi connectivity index (χ4n) is 2.11. The topological polar surface area (TPSA) is 61.8 Å². The maximum Gasteiger partial charge on any atom is 0.257 e. The number of nitrogens with one attached hydrogen (secondary N) is 1. The zero-order chi connectivity index (χ0) is 13.8. The van der Waals surface area contributed by atoms with Crippen LogP contribution in [0.4, 0.5) is 4.39 Å². The van der Waals surface area contributed by atoms with Crippen LogP contribution in [0, 0.1) is 5.82 Å². The molecule has 1 aromatic carbocycles. The quantitative estimate of drug-likeness (QED) is 0.842. The van der Waals surface area contributed by atoms with Crippen molar-refractivity contribution in [1.82, 2.24) is 10.2 Å². The third kappa shape index (κ3) is 3.21. The summed E-state index contributed by atoms with van der Waals surface area (Å²) in [6.07, 6.45) is -0.0645. The van der Waals surface area contributed by atoms with Gasteiger partial charge in [0.05, 0.1) is 18.3 Å². The minimum absolute atomic E-state index is 0.0645. The molecular formula is C13H17FN2O3. The summed E-state index contributed by atoms with van der Waals surface area (Å²) in [5, 5.41) is 12.6. The molecular weight excluding hydrogens is 251 g/mol. The second-order valence-corrected chi connectivity index (χ2v) is 4.46. The van der Waals surface area contributed by atoms with E-state index in [1.807, 2.05) is 7.05 Å². The number of phenolic OH excluding ortho intramolecular Hbond substituents is 1. The van der Waals surface area contributed by atoms with Gasteiger partial charge in [-0.25, -0.2) is 4.39 Å². The van der Waals surface area contributed by atoms with Crippen LogP contribution in [-0.4, -0.2) is 55.3 Å².